The molecule has 1 aliphatic heterocycles. The summed E-state index contributed by atoms with van der Waals surface area (Å²) in [4.78, 5) is 39.6. The minimum atomic E-state index is -0.450. The summed E-state index contributed by atoms with van der Waals surface area (Å²) in [5.41, 5.74) is 2.36. The second kappa shape index (κ2) is 9.59. The number of rotatable bonds is 6. The van der Waals surface area contributed by atoms with E-state index in [1.54, 1.807) is 24.3 Å². The zero-order valence-corrected chi connectivity index (χ0v) is 18.1. The lowest BCUT2D eigenvalue weighted by molar-refractivity contribution is -0.384. The minimum Gasteiger partial charge on any atom is -0.366 e. The van der Waals surface area contributed by atoms with Crippen molar-refractivity contribution in [3.63, 3.8) is 0 Å². The van der Waals surface area contributed by atoms with Gasteiger partial charge in [-0.2, -0.15) is 0 Å². The number of piperidine rings is 1. The molecular weight excluding hydrogens is 396 g/mol. The summed E-state index contributed by atoms with van der Waals surface area (Å²) >= 11 is 0. The summed E-state index contributed by atoms with van der Waals surface area (Å²) in [6.45, 7) is 5.49. The number of nitro benzene ring substituents is 1. The lowest BCUT2D eigenvalue weighted by Crippen LogP contribution is -2.35. The molecule has 1 N–H and O–H groups in total. The maximum atomic E-state index is 12.8. The van der Waals surface area contributed by atoms with Crippen LogP contribution in [0.15, 0.2) is 42.5 Å². The Bertz CT molecular complexity index is 966. The van der Waals surface area contributed by atoms with Gasteiger partial charge in [0, 0.05) is 37.5 Å². The number of carbonyl (C=O) groups excluding carboxylic acids is 2. The number of benzene rings is 2. The maximum Gasteiger partial charge on any atom is 0.293 e. The largest absolute Gasteiger partial charge is 0.366 e. The molecule has 0 aliphatic carbocycles. The van der Waals surface area contributed by atoms with E-state index in [0.29, 0.717) is 17.3 Å². The molecule has 31 heavy (non-hydrogen) atoms. The number of amides is 2. The smallest absolute Gasteiger partial charge is 0.293 e. The summed E-state index contributed by atoms with van der Waals surface area (Å²) in [5.74, 6) is -0.176. The van der Waals surface area contributed by atoms with Gasteiger partial charge >= 0.3 is 0 Å². The van der Waals surface area contributed by atoms with Crippen molar-refractivity contribution in [3.05, 3.63) is 63.7 Å². The third-order valence-electron chi connectivity index (χ3n) is 5.61. The zero-order chi connectivity index (χ0) is 22.5. The van der Waals surface area contributed by atoms with Crippen LogP contribution >= 0.6 is 0 Å². The number of carbonyl (C=O) groups is 2. The average Bonchev–Trinajstić information content (AvgIpc) is 2.75. The van der Waals surface area contributed by atoms with Gasteiger partial charge in [-0.15, -0.1) is 0 Å². The molecule has 1 fully saturated rings. The zero-order valence-electron chi connectivity index (χ0n) is 18.1. The van der Waals surface area contributed by atoms with Gasteiger partial charge < -0.3 is 15.1 Å². The number of hydrogen-bond acceptors (Lipinski definition) is 5. The van der Waals surface area contributed by atoms with E-state index < -0.39 is 10.8 Å². The SMILES string of the molecule is Cc1ccc(NC(=O)CN(C)C(=O)c2ccc(N3CCC(C)CC3)c([N+](=O)[O-])c2)cc1. The Balaban J connectivity index is 1.69. The number of aryl methyl sites for hydroxylation is 1. The fraction of sp³-hybridized carbons (Fsp3) is 0.391. The molecule has 0 atom stereocenters. The fourth-order valence-electron chi connectivity index (χ4n) is 3.66. The average molecular weight is 425 g/mol. The monoisotopic (exact) mass is 424 g/mol. The fourth-order valence-corrected chi connectivity index (χ4v) is 3.66. The molecule has 3 rings (SSSR count). The van der Waals surface area contributed by atoms with Crippen LogP contribution in [-0.4, -0.2) is 48.3 Å². The Morgan fingerprint density at radius 3 is 2.42 bits per heavy atom. The predicted molar refractivity (Wildman–Crippen MR) is 120 cm³/mol. The van der Waals surface area contributed by atoms with Gasteiger partial charge in [-0.25, -0.2) is 0 Å². The normalized spacial score (nSPS) is 14.2. The van der Waals surface area contributed by atoms with Gasteiger partial charge in [0.05, 0.1) is 11.5 Å². The minimum absolute atomic E-state index is 0.0853. The molecule has 8 heteroatoms. The van der Waals surface area contributed by atoms with Gasteiger partial charge in [-0.3, -0.25) is 19.7 Å². The standard InChI is InChI=1S/C23H28N4O4/c1-16-4-7-19(8-5-16)24-22(28)15-25(3)23(29)18-6-9-20(21(14-18)27(30)31)26-12-10-17(2)11-13-26/h4-9,14,17H,10-13,15H2,1-3H3,(H,24,28). The first-order valence-electron chi connectivity index (χ1n) is 10.4. The van der Waals surface area contributed by atoms with E-state index in [-0.39, 0.29) is 23.7 Å². The molecule has 2 amide bonds. The molecule has 0 unspecified atom stereocenters. The third-order valence-corrected chi connectivity index (χ3v) is 5.61. The van der Waals surface area contributed by atoms with Crippen LogP contribution in [0.2, 0.25) is 0 Å². The second-order valence-electron chi connectivity index (χ2n) is 8.21. The second-order valence-corrected chi connectivity index (χ2v) is 8.21. The topological polar surface area (TPSA) is 95.8 Å². The van der Waals surface area contributed by atoms with E-state index in [4.69, 9.17) is 0 Å². The highest BCUT2D eigenvalue weighted by Crippen LogP contribution is 2.32. The van der Waals surface area contributed by atoms with Crippen molar-refractivity contribution in [1.82, 2.24) is 4.90 Å². The predicted octanol–water partition coefficient (Wildman–Crippen LogP) is 3.85. The molecule has 1 aliphatic rings. The highest BCUT2D eigenvalue weighted by Gasteiger charge is 2.26. The van der Waals surface area contributed by atoms with E-state index in [1.807, 2.05) is 24.0 Å². The first kappa shape index (κ1) is 22.3. The first-order valence-corrected chi connectivity index (χ1v) is 10.4. The van der Waals surface area contributed by atoms with E-state index >= 15 is 0 Å². The Hall–Kier alpha value is -3.42. The van der Waals surface area contributed by atoms with Crippen LogP contribution in [0.3, 0.4) is 0 Å². The summed E-state index contributed by atoms with van der Waals surface area (Å²) in [7, 11) is 1.50. The van der Waals surface area contributed by atoms with Crippen LogP contribution in [0.4, 0.5) is 17.1 Å². The maximum absolute atomic E-state index is 12.8. The Morgan fingerprint density at radius 2 is 1.81 bits per heavy atom. The van der Waals surface area contributed by atoms with Crippen molar-refractivity contribution in [2.45, 2.75) is 26.7 Å². The number of nitrogens with zero attached hydrogens (tertiary/aromatic N) is 3. The van der Waals surface area contributed by atoms with Crippen LogP contribution in [0.1, 0.15) is 35.7 Å². The summed E-state index contributed by atoms with van der Waals surface area (Å²) < 4.78 is 0. The lowest BCUT2D eigenvalue weighted by atomic mass is 9.98. The van der Waals surface area contributed by atoms with Gasteiger partial charge in [0.1, 0.15) is 5.69 Å². The number of nitro groups is 1. The summed E-state index contributed by atoms with van der Waals surface area (Å²) in [6.07, 6.45) is 1.97. The Labute approximate surface area is 182 Å². The first-order chi connectivity index (χ1) is 14.7. The molecule has 2 aromatic carbocycles. The molecule has 2 aromatic rings. The molecule has 0 bridgehead atoms. The molecule has 0 spiro atoms. The quantitative estimate of drug-likeness (QED) is 0.561. The summed E-state index contributed by atoms with van der Waals surface area (Å²) in [6, 6.07) is 11.9. The molecule has 0 aromatic heterocycles. The number of hydrogen-bond donors (Lipinski definition) is 1. The van der Waals surface area contributed by atoms with Gasteiger partial charge in [0.25, 0.3) is 11.6 Å². The van der Waals surface area contributed by atoms with Gasteiger partial charge in [-0.05, 0) is 49.9 Å². The molecule has 0 radical (unpaired) electrons. The van der Waals surface area contributed by atoms with Crippen LogP contribution in [0, 0.1) is 23.0 Å². The van der Waals surface area contributed by atoms with Crippen molar-refractivity contribution >= 4 is 28.9 Å². The highest BCUT2D eigenvalue weighted by atomic mass is 16.6. The van der Waals surface area contributed by atoms with Crippen molar-refractivity contribution in [2.24, 2.45) is 5.92 Å². The van der Waals surface area contributed by atoms with Gasteiger partial charge in [0.2, 0.25) is 5.91 Å². The number of nitrogens with one attached hydrogen (secondary N) is 1. The van der Waals surface area contributed by atoms with E-state index in [0.717, 1.165) is 31.5 Å². The van der Waals surface area contributed by atoms with Gasteiger partial charge in [0.15, 0.2) is 0 Å². The third kappa shape index (κ3) is 5.59. The number of likely N-dealkylation sites (N-methyl/N-ethyl adjacent to an activating group) is 1. The molecule has 164 valence electrons. The molecule has 1 heterocycles. The molecule has 0 saturated carbocycles. The van der Waals surface area contributed by atoms with Crippen molar-refractivity contribution < 1.29 is 14.5 Å². The Morgan fingerprint density at radius 1 is 1.16 bits per heavy atom. The Kier molecular flexibility index (Phi) is 6.89. The molecule has 8 nitrogen and oxygen atoms in total. The van der Waals surface area contributed by atoms with Crippen molar-refractivity contribution in [1.29, 1.82) is 0 Å². The van der Waals surface area contributed by atoms with E-state index in [1.165, 1.54) is 18.0 Å². The van der Waals surface area contributed by atoms with E-state index in [9.17, 15) is 19.7 Å². The van der Waals surface area contributed by atoms with Gasteiger partial charge in [-0.1, -0.05) is 24.6 Å². The lowest BCUT2D eigenvalue weighted by Gasteiger charge is -2.31. The van der Waals surface area contributed by atoms with Crippen molar-refractivity contribution in [2.75, 3.05) is 36.9 Å². The molecular formula is C23H28N4O4. The van der Waals surface area contributed by atoms with E-state index in [2.05, 4.69) is 12.2 Å². The van der Waals surface area contributed by atoms with Crippen LogP contribution in [0.25, 0.3) is 0 Å². The van der Waals surface area contributed by atoms with Crippen molar-refractivity contribution in [3.8, 4) is 0 Å². The highest BCUT2D eigenvalue weighted by molar-refractivity contribution is 6.00. The van der Waals surface area contributed by atoms with Crippen LogP contribution in [0.5, 0.6) is 0 Å². The summed E-state index contributed by atoms with van der Waals surface area (Å²) in [5, 5.41) is 14.4. The number of anilines is 2. The van der Waals surface area contributed by atoms with Crippen LogP contribution < -0.4 is 10.2 Å². The molecule has 1 saturated heterocycles. The van der Waals surface area contributed by atoms with Crippen LogP contribution in [-0.2, 0) is 4.79 Å².